The Morgan fingerprint density at radius 2 is 2.09 bits per heavy atom. The van der Waals surface area contributed by atoms with Gasteiger partial charge in [-0.3, -0.25) is 9.69 Å². The van der Waals surface area contributed by atoms with Crippen molar-refractivity contribution in [2.24, 2.45) is 5.92 Å². The molecule has 4 nitrogen and oxygen atoms in total. The number of hydrogen-bond donors (Lipinski definition) is 1. The molecule has 2 fully saturated rings. The summed E-state index contributed by atoms with van der Waals surface area (Å²) in [5, 5.41) is 3.93. The molecule has 6 heteroatoms. The van der Waals surface area contributed by atoms with Gasteiger partial charge in [-0.2, -0.15) is 0 Å². The van der Waals surface area contributed by atoms with Crippen molar-refractivity contribution in [1.29, 1.82) is 0 Å². The van der Waals surface area contributed by atoms with Crippen LogP contribution in [0.5, 0.6) is 0 Å². The van der Waals surface area contributed by atoms with Crippen molar-refractivity contribution in [2.45, 2.75) is 44.7 Å². The Balaban J connectivity index is 1.86. The second-order valence-electron chi connectivity index (χ2n) is 6.18. The van der Waals surface area contributed by atoms with Crippen LogP contribution >= 0.6 is 23.2 Å². The van der Waals surface area contributed by atoms with Gasteiger partial charge in [0.1, 0.15) is 5.54 Å². The highest BCUT2D eigenvalue weighted by Crippen LogP contribution is 2.38. The van der Waals surface area contributed by atoms with E-state index in [1.165, 1.54) is 4.90 Å². The Hall–Kier alpha value is -1.26. The summed E-state index contributed by atoms with van der Waals surface area (Å²) >= 11 is 12.0. The first-order valence-corrected chi connectivity index (χ1v) is 8.27. The van der Waals surface area contributed by atoms with Crippen LogP contribution in [-0.4, -0.2) is 22.4 Å². The molecule has 2 atom stereocenters. The number of halogens is 2. The highest BCUT2D eigenvalue weighted by molar-refractivity contribution is 6.35. The highest BCUT2D eigenvalue weighted by Gasteiger charge is 2.54. The Bertz CT molecular complexity index is 635. The molecule has 1 aliphatic heterocycles. The third-order valence-corrected chi connectivity index (χ3v) is 5.43. The van der Waals surface area contributed by atoms with Gasteiger partial charge >= 0.3 is 6.03 Å². The maximum absolute atomic E-state index is 12.9. The number of benzene rings is 1. The van der Waals surface area contributed by atoms with Crippen LogP contribution in [0.25, 0.3) is 0 Å². The van der Waals surface area contributed by atoms with Gasteiger partial charge in [-0.05, 0) is 36.5 Å². The van der Waals surface area contributed by atoms with E-state index in [-0.39, 0.29) is 24.4 Å². The van der Waals surface area contributed by atoms with E-state index in [1.807, 2.05) is 6.92 Å². The summed E-state index contributed by atoms with van der Waals surface area (Å²) in [5.74, 6) is 0.0270. The molecule has 1 aromatic carbocycles. The first-order valence-electron chi connectivity index (χ1n) is 7.52. The lowest BCUT2D eigenvalue weighted by molar-refractivity contribution is -0.134. The number of carbonyl (C=O) groups is 2. The summed E-state index contributed by atoms with van der Waals surface area (Å²) in [4.78, 5) is 26.4. The van der Waals surface area contributed by atoms with Gasteiger partial charge in [-0.15, -0.1) is 0 Å². The Morgan fingerprint density at radius 3 is 2.77 bits per heavy atom. The lowest BCUT2D eigenvalue weighted by Gasteiger charge is -2.36. The molecule has 0 bridgehead atoms. The van der Waals surface area contributed by atoms with Gasteiger partial charge in [0.15, 0.2) is 0 Å². The quantitative estimate of drug-likeness (QED) is 0.827. The molecule has 3 rings (SSSR count). The van der Waals surface area contributed by atoms with Crippen LogP contribution < -0.4 is 5.32 Å². The first kappa shape index (κ1) is 15.6. The van der Waals surface area contributed by atoms with E-state index >= 15 is 0 Å². The van der Waals surface area contributed by atoms with Crippen molar-refractivity contribution in [1.82, 2.24) is 10.2 Å². The fourth-order valence-corrected chi connectivity index (χ4v) is 3.93. The summed E-state index contributed by atoms with van der Waals surface area (Å²) in [6.07, 6.45) is 3.74. The minimum Gasteiger partial charge on any atom is -0.323 e. The second-order valence-corrected chi connectivity index (χ2v) is 7.02. The molecule has 0 unspecified atom stereocenters. The monoisotopic (exact) mass is 340 g/mol. The summed E-state index contributed by atoms with van der Waals surface area (Å²) in [6, 6.07) is 4.75. The van der Waals surface area contributed by atoms with E-state index in [0.29, 0.717) is 16.5 Å². The van der Waals surface area contributed by atoms with Crippen molar-refractivity contribution in [3.8, 4) is 0 Å². The van der Waals surface area contributed by atoms with Gasteiger partial charge in [0.25, 0.3) is 5.91 Å². The zero-order valence-corrected chi connectivity index (χ0v) is 13.9. The molecule has 118 valence electrons. The van der Waals surface area contributed by atoms with Gasteiger partial charge in [-0.25, -0.2) is 4.79 Å². The van der Waals surface area contributed by atoms with Gasteiger partial charge in [0.05, 0.1) is 6.54 Å². The molecule has 1 saturated heterocycles. The Morgan fingerprint density at radius 1 is 1.32 bits per heavy atom. The fraction of sp³-hybridized carbons (Fsp3) is 0.500. The van der Waals surface area contributed by atoms with E-state index in [0.717, 1.165) is 24.8 Å². The van der Waals surface area contributed by atoms with E-state index in [1.54, 1.807) is 18.2 Å². The number of nitrogens with one attached hydrogen (secondary N) is 1. The normalized spacial score (nSPS) is 28.3. The summed E-state index contributed by atoms with van der Waals surface area (Å²) in [5.41, 5.74) is -0.0103. The summed E-state index contributed by atoms with van der Waals surface area (Å²) < 4.78 is 0. The largest absolute Gasteiger partial charge is 0.325 e. The molecule has 0 aromatic heterocycles. The number of hydrogen-bond acceptors (Lipinski definition) is 2. The van der Waals surface area contributed by atoms with Crippen molar-refractivity contribution in [2.75, 3.05) is 0 Å². The number of carbonyl (C=O) groups excluding carboxylic acids is 2. The molecule has 1 spiro atoms. The molecule has 1 aromatic rings. The number of urea groups is 1. The summed E-state index contributed by atoms with van der Waals surface area (Å²) in [7, 11) is 0. The van der Waals surface area contributed by atoms with Gasteiger partial charge in [-0.1, -0.05) is 49.0 Å². The second kappa shape index (κ2) is 5.74. The van der Waals surface area contributed by atoms with Crippen LogP contribution in [0.2, 0.25) is 10.0 Å². The van der Waals surface area contributed by atoms with Gasteiger partial charge in [0, 0.05) is 10.0 Å². The summed E-state index contributed by atoms with van der Waals surface area (Å²) in [6.45, 7) is 2.21. The molecule has 1 heterocycles. The zero-order chi connectivity index (χ0) is 15.9. The molecule has 1 aliphatic carbocycles. The zero-order valence-electron chi connectivity index (χ0n) is 12.4. The highest BCUT2D eigenvalue weighted by atomic mass is 35.5. The molecule has 2 aliphatic rings. The standard InChI is InChI=1S/C16H18Cl2N2O2/c1-10-4-2-3-7-16(10)14(21)20(15(22)19-16)9-11-5-6-12(17)8-13(11)18/h5-6,8,10H,2-4,7,9H2,1H3,(H,19,22)/t10-,16-/m1/s1. The first-order chi connectivity index (χ1) is 10.4. The van der Waals surface area contributed by atoms with Crippen LogP contribution in [0.1, 0.15) is 38.2 Å². The van der Waals surface area contributed by atoms with E-state index in [9.17, 15) is 9.59 Å². The van der Waals surface area contributed by atoms with Crippen LogP contribution in [0.4, 0.5) is 4.79 Å². The maximum atomic E-state index is 12.9. The minimum atomic E-state index is -0.728. The van der Waals surface area contributed by atoms with Crippen molar-refractivity contribution >= 4 is 35.1 Å². The van der Waals surface area contributed by atoms with Crippen LogP contribution in [0.15, 0.2) is 18.2 Å². The smallest absolute Gasteiger partial charge is 0.323 e. The predicted octanol–water partition coefficient (Wildman–Crippen LogP) is 3.99. The average Bonchev–Trinajstić information content (AvgIpc) is 2.70. The van der Waals surface area contributed by atoms with Gasteiger partial charge < -0.3 is 5.32 Å². The van der Waals surface area contributed by atoms with Crippen LogP contribution in [0, 0.1) is 5.92 Å². The number of amides is 3. The topological polar surface area (TPSA) is 49.4 Å². The Kier molecular flexibility index (Phi) is 4.08. The molecule has 1 saturated carbocycles. The average molecular weight is 341 g/mol. The van der Waals surface area contributed by atoms with Crippen LogP contribution in [-0.2, 0) is 11.3 Å². The van der Waals surface area contributed by atoms with Crippen molar-refractivity contribution in [3.05, 3.63) is 33.8 Å². The van der Waals surface area contributed by atoms with E-state index in [2.05, 4.69) is 5.32 Å². The fourth-order valence-electron chi connectivity index (χ4n) is 3.46. The molecule has 22 heavy (non-hydrogen) atoms. The predicted molar refractivity (Wildman–Crippen MR) is 85.9 cm³/mol. The SMILES string of the molecule is C[C@@H]1CCCC[C@@]12NC(=O)N(Cc1ccc(Cl)cc1Cl)C2=O. The third-order valence-electron chi connectivity index (χ3n) is 4.85. The van der Waals surface area contributed by atoms with Crippen LogP contribution in [0.3, 0.4) is 0 Å². The minimum absolute atomic E-state index is 0.129. The van der Waals surface area contributed by atoms with Crippen molar-refractivity contribution < 1.29 is 9.59 Å². The third kappa shape index (κ3) is 2.48. The molecular weight excluding hydrogens is 323 g/mol. The molecular formula is C16H18Cl2N2O2. The molecule has 3 amide bonds. The van der Waals surface area contributed by atoms with Crippen molar-refractivity contribution in [3.63, 3.8) is 0 Å². The lowest BCUT2D eigenvalue weighted by atomic mass is 9.73. The maximum Gasteiger partial charge on any atom is 0.325 e. The van der Waals surface area contributed by atoms with Gasteiger partial charge in [0.2, 0.25) is 0 Å². The molecule has 1 N–H and O–H groups in total. The number of imide groups is 1. The number of nitrogens with zero attached hydrogens (tertiary/aromatic N) is 1. The van der Waals surface area contributed by atoms with E-state index in [4.69, 9.17) is 23.2 Å². The Labute approximate surface area is 139 Å². The lowest BCUT2D eigenvalue weighted by Crippen LogP contribution is -2.53. The van der Waals surface area contributed by atoms with E-state index < -0.39 is 5.54 Å². The molecule has 0 radical (unpaired) electrons. The number of rotatable bonds is 2.